The van der Waals surface area contributed by atoms with Gasteiger partial charge in [0.05, 0.1) is 0 Å². The molecule has 0 radical (unpaired) electrons. The van der Waals surface area contributed by atoms with Gasteiger partial charge < -0.3 is 9.80 Å². The summed E-state index contributed by atoms with van der Waals surface area (Å²) < 4.78 is 0. The quantitative estimate of drug-likeness (QED) is 0.861. The van der Waals surface area contributed by atoms with Gasteiger partial charge in [-0.2, -0.15) is 0 Å². The van der Waals surface area contributed by atoms with E-state index in [1.54, 1.807) is 9.80 Å². The molecule has 0 bridgehead atoms. The number of hydrogen-bond donors (Lipinski definition) is 0. The molecule has 130 valence electrons. The molecule has 25 heavy (non-hydrogen) atoms. The Labute approximate surface area is 149 Å². The first-order valence-corrected chi connectivity index (χ1v) is 8.80. The van der Waals surface area contributed by atoms with Gasteiger partial charge in [-0.1, -0.05) is 37.3 Å². The van der Waals surface area contributed by atoms with Crippen LogP contribution in [0.1, 0.15) is 35.3 Å². The van der Waals surface area contributed by atoms with E-state index in [0.29, 0.717) is 18.7 Å². The molecule has 0 unspecified atom stereocenters. The molecule has 0 aromatic heterocycles. The van der Waals surface area contributed by atoms with E-state index < -0.39 is 6.04 Å². The highest BCUT2D eigenvalue weighted by Crippen LogP contribution is 2.23. The molecule has 2 aromatic rings. The first-order chi connectivity index (χ1) is 12.0. The predicted octanol–water partition coefficient (Wildman–Crippen LogP) is 3.43. The first-order valence-electron chi connectivity index (χ1n) is 8.80. The van der Waals surface area contributed by atoms with Gasteiger partial charge in [-0.15, -0.1) is 0 Å². The largest absolute Gasteiger partial charge is 0.325 e. The van der Waals surface area contributed by atoms with Crippen molar-refractivity contribution in [2.75, 3.05) is 18.0 Å². The topological polar surface area (TPSA) is 40.6 Å². The summed E-state index contributed by atoms with van der Waals surface area (Å²) in [6.45, 7) is 6.90. The molecule has 3 rings (SSSR count). The fraction of sp³-hybridized carbons (Fsp3) is 0.333. The lowest BCUT2D eigenvalue weighted by Crippen LogP contribution is -2.57. The van der Waals surface area contributed by atoms with Gasteiger partial charge in [-0.05, 0) is 49.6 Å². The number of amides is 2. The van der Waals surface area contributed by atoms with Crippen molar-refractivity contribution in [3.05, 3.63) is 65.2 Å². The van der Waals surface area contributed by atoms with Crippen molar-refractivity contribution in [1.82, 2.24) is 4.90 Å². The molecule has 0 spiro atoms. The SMILES string of the molecule is CCc1ccc(N2CCN(C(=O)c3ccccc3C)[C@H](C)C2=O)cc1. The number of nitrogens with zero attached hydrogens (tertiary/aromatic N) is 2. The van der Waals surface area contributed by atoms with Crippen LogP contribution < -0.4 is 4.90 Å². The molecule has 4 heteroatoms. The third kappa shape index (κ3) is 3.29. The molecule has 2 amide bonds. The van der Waals surface area contributed by atoms with E-state index in [1.165, 1.54) is 5.56 Å². The standard InChI is InChI=1S/C21H24N2O2/c1-4-17-9-11-18(12-10-17)23-14-13-22(16(3)20(23)24)21(25)19-8-6-5-7-15(19)2/h5-12,16H,4,13-14H2,1-3H3/t16-/m1/s1. The number of carbonyl (C=O) groups excluding carboxylic acids is 2. The van der Waals surface area contributed by atoms with Crippen LogP contribution in [0.15, 0.2) is 48.5 Å². The van der Waals surface area contributed by atoms with Gasteiger partial charge in [0.2, 0.25) is 5.91 Å². The summed E-state index contributed by atoms with van der Waals surface area (Å²) >= 11 is 0. The maximum atomic E-state index is 12.9. The molecule has 1 heterocycles. The van der Waals surface area contributed by atoms with Crippen LogP contribution in [0.3, 0.4) is 0 Å². The lowest BCUT2D eigenvalue weighted by Gasteiger charge is -2.39. The van der Waals surface area contributed by atoms with E-state index >= 15 is 0 Å². The van der Waals surface area contributed by atoms with Crippen LogP contribution in [-0.4, -0.2) is 35.8 Å². The monoisotopic (exact) mass is 336 g/mol. The number of piperazine rings is 1. The van der Waals surface area contributed by atoms with Crippen LogP contribution in [0.25, 0.3) is 0 Å². The molecule has 4 nitrogen and oxygen atoms in total. The minimum absolute atomic E-state index is 0.0302. The summed E-state index contributed by atoms with van der Waals surface area (Å²) in [5.74, 6) is -0.0997. The highest BCUT2D eigenvalue weighted by molar-refractivity contribution is 6.03. The molecule has 2 aromatic carbocycles. The number of hydrogen-bond acceptors (Lipinski definition) is 2. The highest BCUT2D eigenvalue weighted by atomic mass is 16.2. The zero-order chi connectivity index (χ0) is 18.0. The Morgan fingerprint density at radius 3 is 2.40 bits per heavy atom. The smallest absolute Gasteiger partial charge is 0.254 e. The van der Waals surface area contributed by atoms with Crippen LogP contribution in [0.4, 0.5) is 5.69 Å². The van der Waals surface area contributed by atoms with Gasteiger partial charge in [0.25, 0.3) is 5.91 Å². The average Bonchev–Trinajstić information content (AvgIpc) is 2.64. The summed E-state index contributed by atoms with van der Waals surface area (Å²) in [6.07, 6.45) is 0.976. The molecule has 0 aliphatic carbocycles. The number of anilines is 1. The van der Waals surface area contributed by atoms with Crippen molar-refractivity contribution in [2.24, 2.45) is 0 Å². The summed E-state index contributed by atoms with van der Waals surface area (Å²) in [5, 5.41) is 0. The summed E-state index contributed by atoms with van der Waals surface area (Å²) in [7, 11) is 0. The van der Waals surface area contributed by atoms with E-state index in [0.717, 1.165) is 17.7 Å². The minimum atomic E-state index is -0.466. The lowest BCUT2D eigenvalue weighted by atomic mass is 10.0. The molecule has 1 fully saturated rings. The summed E-state index contributed by atoms with van der Waals surface area (Å²) in [5.41, 5.74) is 3.75. The molecule has 0 N–H and O–H groups in total. The number of benzene rings is 2. The molecule has 0 saturated carbocycles. The molecule has 1 aliphatic rings. The van der Waals surface area contributed by atoms with Gasteiger partial charge in [-0.25, -0.2) is 0 Å². The Balaban J connectivity index is 1.79. The predicted molar refractivity (Wildman–Crippen MR) is 99.9 cm³/mol. The van der Waals surface area contributed by atoms with Gasteiger partial charge in [0.15, 0.2) is 0 Å². The van der Waals surface area contributed by atoms with Crippen LogP contribution in [-0.2, 0) is 11.2 Å². The second kappa shape index (κ2) is 7.09. The van der Waals surface area contributed by atoms with Crippen LogP contribution in [0.5, 0.6) is 0 Å². The van der Waals surface area contributed by atoms with Crippen LogP contribution >= 0.6 is 0 Å². The zero-order valence-electron chi connectivity index (χ0n) is 15.0. The molecular formula is C21H24N2O2. The fourth-order valence-corrected chi connectivity index (χ4v) is 3.28. The normalized spacial score (nSPS) is 17.7. The number of rotatable bonds is 3. The molecular weight excluding hydrogens is 312 g/mol. The van der Waals surface area contributed by atoms with E-state index in [9.17, 15) is 9.59 Å². The third-order valence-corrected chi connectivity index (χ3v) is 4.95. The zero-order valence-corrected chi connectivity index (χ0v) is 15.0. The van der Waals surface area contributed by atoms with Crippen molar-refractivity contribution >= 4 is 17.5 Å². The van der Waals surface area contributed by atoms with Gasteiger partial charge >= 0.3 is 0 Å². The van der Waals surface area contributed by atoms with Crippen molar-refractivity contribution in [1.29, 1.82) is 0 Å². The Bertz CT molecular complexity index is 783. The summed E-state index contributed by atoms with van der Waals surface area (Å²) in [6, 6.07) is 15.1. The Kier molecular flexibility index (Phi) is 4.88. The molecule has 1 saturated heterocycles. The third-order valence-electron chi connectivity index (χ3n) is 4.95. The fourth-order valence-electron chi connectivity index (χ4n) is 3.28. The van der Waals surface area contributed by atoms with Crippen molar-refractivity contribution in [3.63, 3.8) is 0 Å². The van der Waals surface area contributed by atoms with Crippen LogP contribution in [0, 0.1) is 6.92 Å². The second-order valence-corrected chi connectivity index (χ2v) is 6.50. The van der Waals surface area contributed by atoms with E-state index in [4.69, 9.17) is 0 Å². The highest BCUT2D eigenvalue weighted by Gasteiger charge is 2.35. The molecule has 1 aliphatic heterocycles. The average molecular weight is 336 g/mol. The maximum Gasteiger partial charge on any atom is 0.254 e. The van der Waals surface area contributed by atoms with E-state index in [1.807, 2.05) is 50.2 Å². The Hall–Kier alpha value is -2.62. The minimum Gasteiger partial charge on any atom is -0.325 e. The summed E-state index contributed by atoms with van der Waals surface area (Å²) in [4.78, 5) is 29.2. The first kappa shape index (κ1) is 17.2. The number of carbonyl (C=O) groups is 2. The Morgan fingerprint density at radius 2 is 1.76 bits per heavy atom. The lowest BCUT2D eigenvalue weighted by molar-refractivity contribution is -0.124. The molecule has 1 atom stereocenters. The van der Waals surface area contributed by atoms with Crippen LogP contribution in [0.2, 0.25) is 0 Å². The van der Waals surface area contributed by atoms with Crippen molar-refractivity contribution < 1.29 is 9.59 Å². The number of aryl methyl sites for hydroxylation is 2. The van der Waals surface area contributed by atoms with Crippen molar-refractivity contribution in [2.45, 2.75) is 33.2 Å². The van der Waals surface area contributed by atoms with E-state index in [-0.39, 0.29) is 11.8 Å². The van der Waals surface area contributed by atoms with Crippen molar-refractivity contribution in [3.8, 4) is 0 Å². The van der Waals surface area contributed by atoms with Gasteiger partial charge in [-0.3, -0.25) is 9.59 Å². The van der Waals surface area contributed by atoms with Gasteiger partial charge in [0, 0.05) is 24.3 Å². The van der Waals surface area contributed by atoms with Gasteiger partial charge in [0.1, 0.15) is 6.04 Å². The second-order valence-electron chi connectivity index (χ2n) is 6.50. The van der Waals surface area contributed by atoms with E-state index in [2.05, 4.69) is 19.1 Å². The maximum absolute atomic E-state index is 12.9. The Morgan fingerprint density at radius 1 is 1.08 bits per heavy atom.